The number of carbonyl (C=O) groups excluding carboxylic acids is 1. The number of nitrogens with one attached hydrogen (secondary N) is 1. The molecule has 2 N–H and O–H groups in total. The molecule has 1 rings (SSSR count). The molecule has 0 aliphatic carbocycles. The fraction of sp³-hybridized carbons (Fsp3) is 0.429. The van der Waals surface area contributed by atoms with Crippen molar-refractivity contribution >= 4 is 12.1 Å². The molecule has 0 aliphatic rings. The van der Waals surface area contributed by atoms with E-state index in [0.717, 1.165) is 5.56 Å². The first-order valence-corrected chi connectivity index (χ1v) is 6.40. The fourth-order valence-corrected chi connectivity index (χ4v) is 1.43. The molecule has 0 heterocycles. The van der Waals surface area contributed by atoms with Gasteiger partial charge in [-0.15, -0.1) is 0 Å². The highest BCUT2D eigenvalue weighted by atomic mass is 16.6. The molecule has 1 aromatic rings. The van der Waals surface area contributed by atoms with Gasteiger partial charge < -0.3 is 24.6 Å². The number of hydrogen-bond acceptors (Lipinski definition) is 5. The minimum Gasteiger partial charge on any atom is -0.480 e. The van der Waals surface area contributed by atoms with E-state index in [4.69, 9.17) is 19.3 Å². The van der Waals surface area contributed by atoms with Crippen LogP contribution in [0.25, 0.3) is 0 Å². The van der Waals surface area contributed by atoms with Crippen molar-refractivity contribution in [1.82, 2.24) is 5.32 Å². The molecule has 0 bridgehead atoms. The van der Waals surface area contributed by atoms with Gasteiger partial charge in [-0.2, -0.15) is 0 Å². The van der Waals surface area contributed by atoms with E-state index >= 15 is 0 Å². The van der Waals surface area contributed by atoms with Crippen molar-refractivity contribution in [3.8, 4) is 0 Å². The van der Waals surface area contributed by atoms with Gasteiger partial charge in [-0.05, 0) is 5.56 Å². The molecule has 21 heavy (non-hydrogen) atoms. The predicted molar refractivity (Wildman–Crippen MR) is 73.9 cm³/mol. The zero-order chi connectivity index (χ0) is 15.5. The van der Waals surface area contributed by atoms with E-state index in [-0.39, 0.29) is 19.8 Å². The van der Waals surface area contributed by atoms with Gasteiger partial charge in [-0.25, -0.2) is 9.59 Å². The zero-order valence-corrected chi connectivity index (χ0v) is 11.8. The Morgan fingerprint density at radius 2 is 1.95 bits per heavy atom. The van der Waals surface area contributed by atoms with E-state index in [9.17, 15) is 9.59 Å². The molecule has 7 heteroatoms. The van der Waals surface area contributed by atoms with Crippen LogP contribution in [0.2, 0.25) is 0 Å². The molecule has 116 valence electrons. The first kappa shape index (κ1) is 16.9. The van der Waals surface area contributed by atoms with Crippen LogP contribution >= 0.6 is 0 Å². The van der Waals surface area contributed by atoms with Gasteiger partial charge >= 0.3 is 12.1 Å². The Balaban J connectivity index is 2.33. The number of ether oxygens (including phenoxy) is 3. The summed E-state index contributed by atoms with van der Waals surface area (Å²) in [6.07, 6.45) is -0.804. The Labute approximate surface area is 122 Å². The molecule has 7 nitrogen and oxygen atoms in total. The third-order valence-electron chi connectivity index (χ3n) is 2.52. The van der Waals surface area contributed by atoms with Gasteiger partial charge in [0.05, 0.1) is 19.8 Å². The van der Waals surface area contributed by atoms with Crippen molar-refractivity contribution in [3.63, 3.8) is 0 Å². The van der Waals surface area contributed by atoms with E-state index < -0.39 is 18.1 Å². The highest BCUT2D eigenvalue weighted by Gasteiger charge is 2.20. The Bertz CT molecular complexity index is 436. The lowest BCUT2D eigenvalue weighted by Crippen LogP contribution is -2.44. The van der Waals surface area contributed by atoms with E-state index in [1.54, 1.807) is 12.1 Å². The van der Waals surface area contributed by atoms with Crippen LogP contribution < -0.4 is 5.32 Å². The van der Waals surface area contributed by atoms with Crippen LogP contribution in [0.5, 0.6) is 0 Å². The summed E-state index contributed by atoms with van der Waals surface area (Å²) in [5, 5.41) is 11.2. The quantitative estimate of drug-likeness (QED) is 0.661. The topological polar surface area (TPSA) is 94.1 Å². The SMILES string of the molecule is COCCOC[C@H](NC(=O)OCc1ccccc1)C(=O)O. The van der Waals surface area contributed by atoms with Crippen LogP contribution in [-0.2, 0) is 25.6 Å². The Kier molecular flexibility index (Phi) is 7.85. The van der Waals surface area contributed by atoms with Crippen molar-refractivity contribution in [2.24, 2.45) is 0 Å². The van der Waals surface area contributed by atoms with Crippen LogP contribution in [0.3, 0.4) is 0 Å². The number of carboxylic acids is 1. The second-order valence-electron chi connectivity index (χ2n) is 4.16. The van der Waals surface area contributed by atoms with Gasteiger partial charge in [0.25, 0.3) is 0 Å². The number of hydrogen-bond donors (Lipinski definition) is 2. The standard InChI is InChI=1S/C14H19NO6/c1-19-7-8-20-10-12(13(16)17)15-14(18)21-9-11-5-3-2-4-6-11/h2-6,12H,7-10H2,1H3,(H,15,18)(H,16,17)/t12-/m0/s1. The summed E-state index contributed by atoms with van der Waals surface area (Å²) in [5.74, 6) is -1.19. The molecule has 1 amide bonds. The monoisotopic (exact) mass is 297 g/mol. The maximum Gasteiger partial charge on any atom is 0.408 e. The molecule has 0 saturated carbocycles. The summed E-state index contributed by atoms with van der Waals surface area (Å²) in [6.45, 7) is 0.522. The van der Waals surface area contributed by atoms with Gasteiger partial charge in [0.1, 0.15) is 6.61 Å². The minimum atomic E-state index is -1.19. The Hall–Kier alpha value is -2.12. The van der Waals surface area contributed by atoms with Gasteiger partial charge in [0.15, 0.2) is 6.04 Å². The molecule has 0 aromatic heterocycles. The lowest BCUT2D eigenvalue weighted by Gasteiger charge is -2.14. The number of aliphatic carboxylic acids is 1. The number of methoxy groups -OCH3 is 1. The molecule has 0 saturated heterocycles. The molecule has 1 atom stereocenters. The van der Waals surface area contributed by atoms with Gasteiger partial charge in [-0.1, -0.05) is 30.3 Å². The fourth-order valence-electron chi connectivity index (χ4n) is 1.43. The number of carboxylic acid groups (broad SMARTS) is 1. The first-order valence-electron chi connectivity index (χ1n) is 6.40. The molecular formula is C14H19NO6. The number of amides is 1. The second-order valence-corrected chi connectivity index (χ2v) is 4.16. The van der Waals surface area contributed by atoms with E-state index in [1.807, 2.05) is 18.2 Å². The third kappa shape index (κ3) is 7.28. The third-order valence-corrected chi connectivity index (χ3v) is 2.52. The normalized spacial score (nSPS) is 11.7. The maximum atomic E-state index is 11.5. The predicted octanol–water partition coefficient (Wildman–Crippen LogP) is 1.03. The van der Waals surface area contributed by atoms with Crippen molar-refractivity contribution in [2.45, 2.75) is 12.6 Å². The molecule has 0 fully saturated rings. The van der Waals surface area contributed by atoms with E-state index in [0.29, 0.717) is 6.61 Å². The van der Waals surface area contributed by atoms with Crippen molar-refractivity contribution < 1.29 is 28.9 Å². The highest BCUT2D eigenvalue weighted by Crippen LogP contribution is 2.01. The summed E-state index contributed by atoms with van der Waals surface area (Å²) in [5.41, 5.74) is 0.816. The average Bonchev–Trinajstić information content (AvgIpc) is 2.49. The number of alkyl carbamates (subject to hydrolysis) is 1. The van der Waals surface area contributed by atoms with Crippen molar-refractivity contribution in [3.05, 3.63) is 35.9 Å². The lowest BCUT2D eigenvalue weighted by molar-refractivity contribution is -0.141. The molecule has 0 spiro atoms. The van der Waals surface area contributed by atoms with Crippen LogP contribution in [0.15, 0.2) is 30.3 Å². The second kappa shape index (κ2) is 9.73. The zero-order valence-electron chi connectivity index (χ0n) is 11.8. The smallest absolute Gasteiger partial charge is 0.408 e. The average molecular weight is 297 g/mol. The number of carbonyl (C=O) groups is 2. The van der Waals surface area contributed by atoms with Crippen LogP contribution in [0.1, 0.15) is 5.56 Å². The van der Waals surface area contributed by atoms with Gasteiger partial charge in [0.2, 0.25) is 0 Å². The molecule has 0 unspecified atom stereocenters. The van der Waals surface area contributed by atoms with Gasteiger partial charge in [-0.3, -0.25) is 0 Å². The first-order chi connectivity index (χ1) is 10.1. The Morgan fingerprint density at radius 1 is 1.24 bits per heavy atom. The minimum absolute atomic E-state index is 0.0730. The lowest BCUT2D eigenvalue weighted by atomic mass is 10.2. The molecule has 0 aliphatic heterocycles. The molecule has 0 radical (unpaired) electrons. The Morgan fingerprint density at radius 3 is 2.57 bits per heavy atom. The largest absolute Gasteiger partial charge is 0.480 e. The van der Waals surface area contributed by atoms with Crippen LogP contribution in [0.4, 0.5) is 4.79 Å². The number of rotatable bonds is 9. The van der Waals surface area contributed by atoms with E-state index in [2.05, 4.69) is 5.32 Å². The van der Waals surface area contributed by atoms with Crippen molar-refractivity contribution in [2.75, 3.05) is 26.9 Å². The summed E-state index contributed by atoms with van der Waals surface area (Å²) in [6, 6.07) is 7.93. The summed E-state index contributed by atoms with van der Waals surface area (Å²) >= 11 is 0. The number of benzene rings is 1. The summed E-state index contributed by atoms with van der Waals surface area (Å²) in [7, 11) is 1.51. The van der Waals surface area contributed by atoms with E-state index in [1.165, 1.54) is 7.11 Å². The highest BCUT2D eigenvalue weighted by molar-refractivity contribution is 5.79. The molecule has 1 aromatic carbocycles. The summed E-state index contributed by atoms with van der Waals surface area (Å²) < 4.78 is 14.8. The van der Waals surface area contributed by atoms with Crippen LogP contribution in [-0.4, -0.2) is 50.1 Å². The summed E-state index contributed by atoms with van der Waals surface area (Å²) in [4.78, 5) is 22.5. The molecular weight excluding hydrogens is 278 g/mol. The van der Waals surface area contributed by atoms with Crippen LogP contribution in [0, 0.1) is 0 Å². The van der Waals surface area contributed by atoms with Crippen molar-refractivity contribution in [1.29, 1.82) is 0 Å². The maximum absolute atomic E-state index is 11.5. The van der Waals surface area contributed by atoms with Gasteiger partial charge in [0, 0.05) is 7.11 Å².